The molecule has 0 amide bonds. The second kappa shape index (κ2) is 7.17. The summed E-state index contributed by atoms with van der Waals surface area (Å²) in [5.74, 6) is 1.53. The second-order valence-corrected chi connectivity index (χ2v) is 8.03. The smallest absolute Gasteiger partial charge is 0.158 e. The Bertz CT molecular complexity index is 1180. The molecular formula is C23H20N4S. The average molecular weight is 385 g/mol. The quantitative estimate of drug-likeness (QED) is 0.453. The summed E-state index contributed by atoms with van der Waals surface area (Å²) in [6.07, 6.45) is 3.24. The van der Waals surface area contributed by atoms with Crippen LogP contribution < -0.4 is 5.43 Å². The number of hydrogen-bond acceptors (Lipinski definition) is 5. The minimum atomic E-state index is 0.751. The summed E-state index contributed by atoms with van der Waals surface area (Å²) in [6, 6.07) is 21.1. The molecule has 0 saturated heterocycles. The van der Waals surface area contributed by atoms with E-state index in [1.807, 2.05) is 13.0 Å². The largest absolute Gasteiger partial charge is 0.260 e. The highest BCUT2D eigenvalue weighted by atomic mass is 32.1. The van der Waals surface area contributed by atoms with E-state index in [0.717, 1.165) is 46.8 Å². The van der Waals surface area contributed by atoms with Crippen LogP contribution in [0.5, 0.6) is 0 Å². The molecule has 1 aliphatic carbocycles. The average Bonchev–Trinajstić information content (AvgIpc) is 3.16. The molecule has 0 unspecified atom stereocenters. The van der Waals surface area contributed by atoms with Crippen LogP contribution in [0.15, 0.2) is 65.8 Å². The van der Waals surface area contributed by atoms with Crippen LogP contribution in [0, 0.1) is 6.92 Å². The second-order valence-electron chi connectivity index (χ2n) is 7.00. The maximum absolute atomic E-state index is 4.75. The molecule has 0 spiro atoms. The predicted octanol–water partition coefficient (Wildman–Crippen LogP) is 5.82. The zero-order valence-electron chi connectivity index (χ0n) is 15.6. The van der Waals surface area contributed by atoms with Gasteiger partial charge in [-0.3, -0.25) is 5.43 Å². The number of anilines is 1. The maximum Gasteiger partial charge on any atom is 0.158 e. The number of hydrogen-bond donors (Lipinski definition) is 1. The van der Waals surface area contributed by atoms with Gasteiger partial charge in [0.25, 0.3) is 0 Å². The number of rotatable bonds is 3. The molecule has 1 aliphatic rings. The van der Waals surface area contributed by atoms with Crippen LogP contribution in [0.25, 0.3) is 20.7 Å². The molecule has 0 bridgehead atoms. The van der Waals surface area contributed by atoms with Crippen LogP contribution in [0.3, 0.4) is 0 Å². The minimum absolute atomic E-state index is 0.751. The summed E-state index contributed by atoms with van der Waals surface area (Å²) in [7, 11) is 0. The first kappa shape index (κ1) is 17.1. The molecule has 0 saturated carbocycles. The fourth-order valence-electron chi connectivity index (χ4n) is 3.70. The third-order valence-corrected chi connectivity index (χ3v) is 6.13. The number of nitrogens with one attached hydrogen (secondary N) is 1. The van der Waals surface area contributed by atoms with E-state index in [2.05, 4.69) is 70.0 Å². The summed E-state index contributed by atoms with van der Waals surface area (Å²) < 4.78 is 0. The molecule has 2 aromatic carbocycles. The minimum Gasteiger partial charge on any atom is -0.260 e. The summed E-state index contributed by atoms with van der Waals surface area (Å²) in [6.45, 7) is 1.93. The van der Waals surface area contributed by atoms with Crippen molar-refractivity contribution in [2.24, 2.45) is 5.10 Å². The highest BCUT2D eigenvalue weighted by molar-refractivity contribution is 7.21. The summed E-state index contributed by atoms with van der Waals surface area (Å²) in [5.41, 5.74) is 8.17. The lowest BCUT2D eigenvalue weighted by molar-refractivity contribution is 0.837. The SMILES string of the molecule is Cc1nc(NN=C2CCCc3ccccc32)c2cc(-c3ccccc3)sc2n1. The standard InChI is InChI=1S/C23H20N4S/c1-15-24-22(27-26-20-13-7-11-16-8-5-6-12-18(16)20)19-14-21(28-23(19)25-15)17-9-3-2-4-10-17/h2-6,8-10,12,14H,7,11,13H2,1H3,(H,24,25,27). The van der Waals surface area contributed by atoms with E-state index in [1.165, 1.54) is 21.6 Å². The summed E-state index contributed by atoms with van der Waals surface area (Å²) in [4.78, 5) is 11.4. The van der Waals surface area contributed by atoms with Crippen LogP contribution >= 0.6 is 11.3 Å². The Kier molecular flexibility index (Phi) is 4.37. The van der Waals surface area contributed by atoms with Gasteiger partial charge in [-0.1, -0.05) is 54.6 Å². The number of thiophene rings is 1. The molecule has 138 valence electrons. The predicted molar refractivity (Wildman–Crippen MR) is 117 cm³/mol. The fourth-order valence-corrected chi connectivity index (χ4v) is 4.78. The Hall–Kier alpha value is -3.05. The van der Waals surface area contributed by atoms with E-state index in [-0.39, 0.29) is 0 Å². The number of benzene rings is 2. The molecule has 1 N–H and O–H groups in total. The van der Waals surface area contributed by atoms with Gasteiger partial charge in [-0.2, -0.15) is 5.10 Å². The molecule has 4 nitrogen and oxygen atoms in total. The van der Waals surface area contributed by atoms with E-state index in [9.17, 15) is 0 Å². The van der Waals surface area contributed by atoms with Gasteiger partial charge >= 0.3 is 0 Å². The first-order chi connectivity index (χ1) is 13.8. The van der Waals surface area contributed by atoms with Crippen LogP contribution in [0.2, 0.25) is 0 Å². The number of fused-ring (bicyclic) bond motifs is 2. The van der Waals surface area contributed by atoms with Crippen molar-refractivity contribution in [3.63, 3.8) is 0 Å². The van der Waals surface area contributed by atoms with Gasteiger partial charge in [0.1, 0.15) is 10.7 Å². The van der Waals surface area contributed by atoms with Gasteiger partial charge in [-0.15, -0.1) is 11.3 Å². The van der Waals surface area contributed by atoms with Crippen LogP contribution in [0.1, 0.15) is 29.8 Å². The zero-order chi connectivity index (χ0) is 18.9. The molecule has 2 heterocycles. The Morgan fingerprint density at radius 3 is 2.68 bits per heavy atom. The zero-order valence-corrected chi connectivity index (χ0v) is 16.5. The third kappa shape index (κ3) is 3.18. The van der Waals surface area contributed by atoms with Gasteiger partial charge in [0.2, 0.25) is 0 Å². The van der Waals surface area contributed by atoms with Crippen LogP contribution in [-0.2, 0) is 6.42 Å². The molecule has 5 heteroatoms. The Morgan fingerprint density at radius 1 is 0.964 bits per heavy atom. The molecule has 5 rings (SSSR count). The van der Waals surface area contributed by atoms with Crippen molar-refractivity contribution in [2.75, 3.05) is 5.43 Å². The summed E-state index contributed by atoms with van der Waals surface area (Å²) >= 11 is 1.69. The Balaban J connectivity index is 1.54. The fraction of sp³-hybridized carbons (Fsp3) is 0.174. The summed E-state index contributed by atoms with van der Waals surface area (Å²) in [5, 5.41) is 5.77. The van der Waals surface area contributed by atoms with E-state index in [1.54, 1.807) is 11.3 Å². The molecule has 28 heavy (non-hydrogen) atoms. The Morgan fingerprint density at radius 2 is 1.79 bits per heavy atom. The highest BCUT2D eigenvalue weighted by Crippen LogP contribution is 2.35. The van der Waals surface area contributed by atoms with Crippen LogP contribution in [-0.4, -0.2) is 15.7 Å². The molecule has 0 fully saturated rings. The van der Waals surface area contributed by atoms with Crippen molar-refractivity contribution >= 4 is 33.1 Å². The lowest BCUT2D eigenvalue weighted by atomic mass is 9.90. The molecular weight excluding hydrogens is 364 g/mol. The Labute approximate surface area is 168 Å². The van der Waals surface area contributed by atoms with Gasteiger partial charge in [0, 0.05) is 10.4 Å². The monoisotopic (exact) mass is 384 g/mol. The van der Waals surface area contributed by atoms with Gasteiger partial charge in [-0.25, -0.2) is 9.97 Å². The number of aromatic nitrogens is 2. The van der Waals surface area contributed by atoms with Crippen molar-refractivity contribution in [1.82, 2.24) is 9.97 Å². The van der Waals surface area contributed by atoms with Crippen molar-refractivity contribution in [3.8, 4) is 10.4 Å². The van der Waals surface area contributed by atoms with Crippen molar-refractivity contribution in [3.05, 3.63) is 77.6 Å². The number of hydrazone groups is 1. The van der Waals surface area contributed by atoms with E-state index in [4.69, 9.17) is 5.10 Å². The molecule has 2 aromatic heterocycles. The molecule has 0 aliphatic heterocycles. The van der Waals surface area contributed by atoms with Crippen molar-refractivity contribution in [1.29, 1.82) is 0 Å². The topological polar surface area (TPSA) is 50.2 Å². The highest BCUT2D eigenvalue weighted by Gasteiger charge is 2.16. The lowest BCUT2D eigenvalue weighted by Gasteiger charge is -2.17. The van der Waals surface area contributed by atoms with Gasteiger partial charge in [0.05, 0.1) is 11.1 Å². The van der Waals surface area contributed by atoms with Gasteiger partial charge in [0.15, 0.2) is 5.82 Å². The normalized spacial score (nSPS) is 15.0. The molecule has 0 atom stereocenters. The molecule has 0 radical (unpaired) electrons. The van der Waals surface area contributed by atoms with Crippen molar-refractivity contribution < 1.29 is 0 Å². The van der Waals surface area contributed by atoms with Crippen LogP contribution in [0.4, 0.5) is 5.82 Å². The first-order valence-electron chi connectivity index (χ1n) is 9.52. The number of nitrogens with zero attached hydrogens (tertiary/aromatic N) is 3. The first-order valence-corrected chi connectivity index (χ1v) is 10.3. The van der Waals surface area contributed by atoms with E-state index in [0.29, 0.717) is 0 Å². The van der Waals surface area contributed by atoms with Gasteiger partial charge in [-0.05, 0) is 43.4 Å². The lowest BCUT2D eigenvalue weighted by Crippen LogP contribution is -2.13. The third-order valence-electron chi connectivity index (χ3n) is 5.05. The van der Waals surface area contributed by atoms with E-state index >= 15 is 0 Å². The van der Waals surface area contributed by atoms with Gasteiger partial charge < -0.3 is 0 Å². The number of aryl methyl sites for hydroxylation is 2. The maximum atomic E-state index is 4.75. The molecule has 4 aromatic rings. The van der Waals surface area contributed by atoms with Crippen molar-refractivity contribution in [2.45, 2.75) is 26.2 Å². The van der Waals surface area contributed by atoms with E-state index < -0.39 is 0 Å².